The van der Waals surface area contributed by atoms with Crippen LogP contribution in [0, 0.1) is 11.8 Å². The Balaban J connectivity index is 1.64. The van der Waals surface area contributed by atoms with E-state index in [4.69, 9.17) is 5.73 Å². The van der Waals surface area contributed by atoms with Crippen LogP contribution in [-0.4, -0.2) is 24.5 Å². The lowest BCUT2D eigenvalue weighted by molar-refractivity contribution is -0.137. The van der Waals surface area contributed by atoms with Gasteiger partial charge in [-0.05, 0) is 42.4 Å². The van der Waals surface area contributed by atoms with Gasteiger partial charge >= 0.3 is 6.18 Å². The molecule has 5 heteroatoms. The minimum Gasteiger partial charge on any atom is -0.323 e. The second-order valence-corrected chi connectivity index (χ2v) is 6.40. The zero-order valence-electron chi connectivity index (χ0n) is 11.9. The first-order valence-corrected chi connectivity index (χ1v) is 7.58. The van der Waals surface area contributed by atoms with Gasteiger partial charge in [-0.3, -0.25) is 0 Å². The Labute approximate surface area is 123 Å². The van der Waals surface area contributed by atoms with E-state index in [2.05, 4.69) is 4.90 Å². The first-order valence-electron chi connectivity index (χ1n) is 7.58. The number of fused-ring (bicyclic) bond motifs is 1. The van der Waals surface area contributed by atoms with E-state index in [1.807, 2.05) is 0 Å². The zero-order chi connectivity index (χ0) is 15.0. The van der Waals surface area contributed by atoms with E-state index in [1.54, 1.807) is 6.07 Å². The lowest BCUT2D eigenvalue weighted by Crippen LogP contribution is -2.31. The van der Waals surface area contributed by atoms with Gasteiger partial charge in [0.15, 0.2) is 0 Å². The minimum atomic E-state index is -4.31. The van der Waals surface area contributed by atoms with Crippen molar-refractivity contribution in [3.05, 3.63) is 35.4 Å². The Morgan fingerprint density at radius 2 is 1.86 bits per heavy atom. The predicted molar refractivity (Wildman–Crippen MR) is 75.6 cm³/mol. The molecule has 2 nitrogen and oxygen atoms in total. The zero-order valence-corrected chi connectivity index (χ0v) is 11.9. The van der Waals surface area contributed by atoms with Gasteiger partial charge in [-0.25, -0.2) is 0 Å². The molecule has 1 aromatic rings. The van der Waals surface area contributed by atoms with Crippen LogP contribution in [0.2, 0.25) is 0 Å². The van der Waals surface area contributed by atoms with Gasteiger partial charge in [0, 0.05) is 25.7 Å². The third kappa shape index (κ3) is 3.24. The largest absolute Gasteiger partial charge is 0.416 e. The summed E-state index contributed by atoms with van der Waals surface area (Å²) in [5.74, 6) is 1.55. The molecule has 0 radical (unpaired) electrons. The minimum absolute atomic E-state index is 0.355. The van der Waals surface area contributed by atoms with Gasteiger partial charge in [0.25, 0.3) is 0 Å². The molecule has 1 aliphatic carbocycles. The van der Waals surface area contributed by atoms with Crippen molar-refractivity contribution in [1.29, 1.82) is 0 Å². The highest BCUT2D eigenvalue weighted by atomic mass is 19.4. The molecule has 3 atom stereocenters. The number of rotatable bonds is 3. The Bertz CT molecular complexity index is 489. The summed E-state index contributed by atoms with van der Waals surface area (Å²) in [5, 5.41) is 0. The van der Waals surface area contributed by atoms with Crippen molar-refractivity contribution in [3.8, 4) is 0 Å². The van der Waals surface area contributed by atoms with Crippen LogP contribution in [-0.2, 0) is 6.18 Å². The van der Waals surface area contributed by atoms with E-state index in [0.717, 1.165) is 31.0 Å². The van der Waals surface area contributed by atoms with Crippen molar-refractivity contribution < 1.29 is 13.2 Å². The molecule has 1 heterocycles. The number of alkyl halides is 3. The van der Waals surface area contributed by atoms with Crippen LogP contribution < -0.4 is 5.73 Å². The molecule has 21 heavy (non-hydrogen) atoms. The van der Waals surface area contributed by atoms with Gasteiger partial charge in [0.05, 0.1) is 5.56 Å². The molecule has 116 valence electrons. The molecular formula is C16H21F3N2. The normalized spacial score (nSPS) is 27.8. The third-order valence-corrected chi connectivity index (χ3v) is 4.90. The second kappa shape index (κ2) is 5.61. The second-order valence-electron chi connectivity index (χ2n) is 6.40. The summed E-state index contributed by atoms with van der Waals surface area (Å²) < 4.78 is 38.2. The highest BCUT2D eigenvalue weighted by Gasteiger charge is 2.36. The fourth-order valence-corrected chi connectivity index (χ4v) is 3.81. The van der Waals surface area contributed by atoms with Crippen LogP contribution in [0.15, 0.2) is 24.3 Å². The van der Waals surface area contributed by atoms with Crippen LogP contribution in [0.1, 0.15) is 36.4 Å². The highest BCUT2D eigenvalue weighted by Crippen LogP contribution is 2.38. The number of benzene rings is 1. The number of nitrogens with two attached hydrogens (primary N) is 1. The maximum absolute atomic E-state index is 12.7. The molecule has 1 aromatic carbocycles. The number of hydrogen-bond donors (Lipinski definition) is 1. The maximum Gasteiger partial charge on any atom is 0.416 e. The van der Waals surface area contributed by atoms with E-state index < -0.39 is 11.7 Å². The molecule has 3 rings (SSSR count). The molecule has 0 amide bonds. The Kier molecular flexibility index (Phi) is 3.97. The highest BCUT2D eigenvalue weighted by molar-refractivity contribution is 5.28. The first kappa shape index (κ1) is 14.9. The van der Waals surface area contributed by atoms with E-state index in [-0.39, 0.29) is 6.04 Å². The fourth-order valence-electron chi connectivity index (χ4n) is 3.81. The Hall–Kier alpha value is -1.07. The van der Waals surface area contributed by atoms with E-state index in [0.29, 0.717) is 12.1 Å². The summed E-state index contributed by atoms with van der Waals surface area (Å²) in [6, 6.07) is 5.05. The molecule has 0 spiro atoms. The molecule has 3 unspecified atom stereocenters. The lowest BCUT2D eigenvalue weighted by Gasteiger charge is -2.22. The average molecular weight is 298 g/mol. The van der Waals surface area contributed by atoms with Crippen molar-refractivity contribution in [2.45, 2.75) is 31.5 Å². The number of likely N-dealkylation sites (tertiary alicyclic amines) is 1. The molecule has 0 aromatic heterocycles. The van der Waals surface area contributed by atoms with Crippen LogP contribution in [0.3, 0.4) is 0 Å². The van der Waals surface area contributed by atoms with Crippen LogP contribution in [0.4, 0.5) is 13.2 Å². The Morgan fingerprint density at radius 3 is 2.48 bits per heavy atom. The number of hydrogen-bond acceptors (Lipinski definition) is 2. The maximum atomic E-state index is 12.7. The molecule has 1 aliphatic heterocycles. The summed E-state index contributed by atoms with van der Waals surface area (Å²) in [7, 11) is 0. The standard InChI is InChI=1S/C16H21F3N2/c17-16(18,19)14-6-2-3-11(7-14)15(20)10-21-8-12-4-1-5-13(12)9-21/h2-3,6-7,12-13,15H,1,4-5,8-10,20H2. The third-order valence-electron chi connectivity index (χ3n) is 4.90. The van der Waals surface area contributed by atoms with E-state index >= 15 is 0 Å². The molecule has 1 saturated carbocycles. The molecule has 0 bridgehead atoms. The Morgan fingerprint density at radius 1 is 1.19 bits per heavy atom. The van der Waals surface area contributed by atoms with Gasteiger partial charge in [-0.2, -0.15) is 13.2 Å². The van der Waals surface area contributed by atoms with Gasteiger partial charge in [0.2, 0.25) is 0 Å². The fraction of sp³-hybridized carbons (Fsp3) is 0.625. The summed E-state index contributed by atoms with van der Waals surface area (Å²) in [4.78, 5) is 2.32. The van der Waals surface area contributed by atoms with E-state index in [9.17, 15) is 13.2 Å². The van der Waals surface area contributed by atoms with E-state index in [1.165, 1.54) is 31.4 Å². The van der Waals surface area contributed by atoms with Crippen molar-refractivity contribution in [1.82, 2.24) is 4.90 Å². The summed E-state index contributed by atoms with van der Waals surface area (Å²) in [6.07, 6.45) is -0.400. The molecule has 1 saturated heterocycles. The average Bonchev–Trinajstić information content (AvgIpc) is 2.98. The van der Waals surface area contributed by atoms with Gasteiger partial charge in [-0.15, -0.1) is 0 Å². The number of halogens is 3. The monoisotopic (exact) mass is 298 g/mol. The summed E-state index contributed by atoms with van der Waals surface area (Å²) in [5.41, 5.74) is 6.08. The number of nitrogens with zero attached hydrogens (tertiary/aromatic N) is 1. The first-order chi connectivity index (χ1) is 9.93. The van der Waals surface area contributed by atoms with Crippen molar-refractivity contribution in [2.24, 2.45) is 17.6 Å². The molecule has 2 N–H and O–H groups in total. The van der Waals surface area contributed by atoms with Crippen LogP contribution >= 0.6 is 0 Å². The van der Waals surface area contributed by atoms with Crippen LogP contribution in [0.25, 0.3) is 0 Å². The summed E-state index contributed by atoms with van der Waals surface area (Å²) in [6.45, 7) is 2.75. The van der Waals surface area contributed by atoms with Crippen molar-refractivity contribution in [2.75, 3.05) is 19.6 Å². The molecule has 2 aliphatic rings. The molecule has 2 fully saturated rings. The lowest BCUT2D eigenvalue weighted by atomic mass is 10.0. The van der Waals surface area contributed by atoms with Crippen molar-refractivity contribution >= 4 is 0 Å². The summed E-state index contributed by atoms with van der Waals surface area (Å²) >= 11 is 0. The topological polar surface area (TPSA) is 29.3 Å². The smallest absolute Gasteiger partial charge is 0.323 e. The van der Waals surface area contributed by atoms with Gasteiger partial charge in [0.1, 0.15) is 0 Å². The predicted octanol–water partition coefficient (Wildman–Crippen LogP) is 3.44. The van der Waals surface area contributed by atoms with Gasteiger partial charge in [-0.1, -0.05) is 18.6 Å². The van der Waals surface area contributed by atoms with Gasteiger partial charge < -0.3 is 10.6 Å². The molecular weight excluding hydrogens is 277 g/mol. The SMILES string of the molecule is NC(CN1CC2CCCC2C1)c1cccc(C(F)(F)F)c1. The quantitative estimate of drug-likeness (QED) is 0.926. The van der Waals surface area contributed by atoms with Crippen LogP contribution in [0.5, 0.6) is 0 Å². The van der Waals surface area contributed by atoms with Crippen molar-refractivity contribution in [3.63, 3.8) is 0 Å².